The van der Waals surface area contributed by atoms with E-state index in [4.69, 9.17) is 0 Å². The highest BCUT2D eigenvalue weighted by Gasteiger charge is 2.12. The highest BCUT2D eigenvalue weighted by atomic mass is 79.9. The number of hydrogen-bond acceptors (Lipinski definition) is 2. The Labute approximate surface area is 178 Å². The summed E-state index contributed by atoms with van der Waals surface area (Å²) in [7, 11) is 0. The molecule has 5 heteroatoms. The molecule has 0 aliphatic carbocycles. The van der Waals surface area contributed by atoms with Crippen molar-refractivity contribution >= 4 is 52.1 Å². The summed E-state index contributed by atoms with van der Waals surface area (Å²) in [6.07, 6.45) is 0. The SMILES string of the molecule is Brc1csc(-c2cc(-c3ccccc3)ccc2-c2ccccc2)n1.Cl.Cl. The van der Waals surface area contributed by atoms with Gasteiger partial charge in [-0.25, -0.2) is 4.98 Å². The molecule has 26 heavy (non-hydrogen) atoms. The summed E-state index contributed by atoms with van der Waals surface area (Å²) >= 11 is 5.13. The van der Waals surface area contributed by atoms with Gasteiger partial charge in [-0.15, -0.1) is 36.2 Å². The zero-order valence-electron chi connectivity index (χ0n) is 13.6. The smallest absolute Gasteiger partial charge is 0.125 e. The molecule has 0 aliphatic rings. The third-order valence-electron chi connectivity index (χ3n) is 3.92. The van der Waals surface area contributed by atoms with Crippen LogP contribution >= 0.6 is 52.1 Å². The van der Waals surface area contributed by atoms with E-state index in [0.29, 0.717) is 0 Å². The quantitative estimate of drug-likeness (QED) is 0.302. The van der Waals surface area contributed by atoms with Crippen LogP contribution in [0, 0.1) is 0 Å². The van der Waals surface area contributed by atoms with E-state index < -0.39 is 0 Å². The molecule has 0 bridgehead atoms. The standard InChI is InChI=1S/C21H14BrNS.2ClH/c22-20-14-24-21(23-20)19-13-17(15-7-3-1-4-8-15)11-12-18(19)16-9-5-2-6-10-16;;/h1-14H;2*1H. The molecular weight excluding hydrogens is 449 g/mol. The Morgan fingerprint density at radius 1 is 0.654 bits per heavy atom. The predicted octanol–water partition coefficient (Wildman–Crippen LogP) is 7.75. The summed E-state index contributed by atoms with van der Waals surface area (Å²) in [6, 6.07) is 27.5. The van der Waals surface area contributed by atoms with Gasteiger partial charge in [0, 0.05) is 10.9 Å². The minimum Gasteiger partial charge on any atom is -0.229 e. The Bertz CT molecular complexity index is 972. The van der Waals surface area contributed by atoms with E-state index in [2.05, 4.69) is 87.6 Å². The fourth-order valence-electron chi connectivity index (χ4n) is 2.78. The van der Waals surface area contributed by atoms with Crippen LogP contribution in [0.15, 0.2) is 88.8 Å². The maximum absolute atomic E-state index is 4.64. The first kappa shape index (κ1) is 20.7. The molecule has 0 amide bonds. The van der Waals surface area contributed by atoms with Crippen LogP contribution in [-0.2, 0) is 0 Å². The third kappa shape index (κ3) is 4.36. The van der Waals surface area contributed by atoms with Crippen LogP contribution < -0.4 is 0 Å². The number of benzene rings is 3. The summed E-state index contributed by atoms with van der Waals surface area (Å²) in [5, 5.41) is 3.05. The number of rotatable bonds is 3. The van der Waals surface area contributed by atoms with Crippen molar-refractivity contribution in [3.05, 3.63) is 88.8 Å². The van der Waals surface area contributed by atoms with Gasteiger partial charge in [-0.1, -0.05) is 72.8 Å². The maximum atomic E-state index is 4.64. The average molecular weight is 465 g/mol. The van der Waals surface area contributed by atoms with Crippen molar-refractivity contribution in [3.63, 3.8) is 0 Å². The van der Waals surface area contributed by atoms with Gasteiger partial charge in [0.25, 0.3) is 0 Å². The van der Waals surface area contributed by atoms with Crippen LogP contribution in [-0.4, -0.2) is 4.98 Å². The van der Waals surface area contributed by atoms with Crippen molar-refractivity contribution < 1.29 is 0 Å². The monoisotopic (exact) mass is 463 g/mol. The molecule has 0 radical (unpaired) electrons. The van der Waals surface area contributed by atoms with Gasteiger partial charge < -0.3 is 0 Å². The second-order valence-electron chi connectivity index (χ2n) is 5.47. The number of nitrogens with zero attached hydrogens (tertiary/aromatic N) is 1. The molecule has 0 unspecified atom stereocenters. The van der Waals surface area contributed by atoms with E-state index in [1.54, 1.807) is 11.3 Å². The van der Waals surface area contributed by atoms with E-state index in [9.17, 15) is 0 Å². The van der Waals surface area contributed by atoms with E-state index >= 15 is 0 Å². The van der Waals surface area contributed by atoms with Gasteiger partial charge >= 0.3 is 0 Å². The normalized spacial score (nSPS) is 9.88. The molecule has 4 rings (SSSR count). The molecule has 1 aromatic heterocycles. The molecule has 132 valence electrons. The van der Waals surface area contributed by atoms with Crippen LogP contribution in [0.2, 0.25) is 0 Å². The summed E-state index contributed by atoms with van der Waals surface area (Å²) in [5.41, 5.74) is 6.00. The average Bonchev–Trinajstić information content (AvgIpc) is 3.09. The number of thiazole rings is 1. The van der Waals surface area contributed by atoms with Gasteiger partial charge in [-0.2, -0.15) is 0 Å². The molecule has 0 atom stereocenters. The molecule has 0 aliphatic heterocycles. The van der Waals surface area contributed by atoms with E-state index in [1.165, 1.54) is 27.8 Å². The van der Waals surface area contributed by atoms with Gasteiger partial charge in [-0.05, 0) is 44.3 Å². The highest BCUT2D eigenvalue weighted by Crippen LogP contribution is 2.37. The fraction of sp³-hybridized carbons (Fsp3) is 0. The Hall–Kier alpha value is -1.65. The zero-order valence-corrected chi connectivity index (χ0v) is 17.7. The van der Waals surface area contributed by atoms with Crippen LogP contribution in [0.25, 0.3) is 32.8 Å². The molecular formula is C21H16BrCl2NS. The first-order chi connectivity index (χ1) is 11.8. The van der Waals surface area contributed by atoms with Crippen molar-refractivity contribution in [1.29, 1.82) is 0 Å². The van der Waals surface area contributed by atoms with Crippen LogP contribution in [0.4, 0.5) is 0 Å². The van der Waals surface area contributed by atoms with Gasteiger partial charge in [-0.3, -0.25) is 0 Å². The second-order valence-corrected chi connectivity index (χ2v) is 7.14. The lowest BCUT2D eigenvalue weighted by Gasteiger charge is -2.11. The largest absolute Gasteiger partial charge is 0.229 e. The predicted molar refractivity (Wildman–Crippen MR) is 121 cm³/mol. The van der Waals surface area contributed by atoms with Crippen LogP contribution in [0.5, 0.6) is 0 Å². The van der Waals surface area contributed by atoms with E-state index in [1.807, 2.05) is 17.5 Å². The topological polar surface area (TPSA) is 12.9 Å². The highest BCUT2D eigenvalue weighted by molar-refractivity contribution is 9.10. The molecule has 1 heterocycles. The van der Waals surface area contributed by atoms with Gasteiger partial charge in [0.1, 0.15) is 9.61 Å². The third-order valence-corrected chi connectivity index (χ3v) is 5.50. The fourth-order valence-corrected chi connectivity index (χ4v) is 4.06. The van der Waals surface area contributed by atoms with Crippen molar-refractivity contribution in [2.75, 3.05) is 0 Å². The Balaban J connectivity index is 0.00000121. The lowest BCUT2D eigenvalue weighted by Crippen LogP contribution is -1.87. The zero-order chi connectivity index (χ0) is 16.4. The van der Waals surface area contributed by atoms with Crippen molar-refractivity contribution in [3.8, 4) is 32.8 Å². The molecule has 3 aromatic carbocycles. The summed E-state index contributed by atoms with van der Waals surface area (Å²) in [5.74, 6) is 0. The molecule has 1 nitrogen and oxygen atoms in total. The van der Waals surface area contributed by atoms with Crippen LogP contribution in [0.3, 0.4) is 0 Å². The second kappa shape index (κ2) is 9.33. The molecule has 0 N–H and O–H groups in total. The molecule has 4 aromatic rings. The Morgan fingerprint density at radius 3 is 1.85 bits per heavy atom. The summed E-state index contributed by atoms with van der Waals surface area (Å²) in [4.78, 5) is 4.64. The summed E-state index contributed by atoms with van der Waals surface area (Å²) in [6.45, 7) is 0. The van der Waals surface area contributed by atoms with Crippen molar-refractivity contribution in [2.45, 2.75) is 0 Å². The molecule has 0 saturated carbocycles. The molecule has 0 fully saturated rings. The number of aromatic nitrogens is 1. The molecule has 0 spiro atoms. The first-order valence-electron chi connectivity index (χ1n) is 7.67. The lowest BCUT2D eigenvalue weighted by molar-refractivity contribution is 1.36. The minimum atomic E-state index is 0. The number of hydrogen-bond donors (Lipinski definition) is 0. The van der Waals surface area contributed by atoms with Crippen molar-refractivity contribution in [2.24, 2.45) is 0 Å². The first-order valence-corrected chi connectivity index (χ1v) is 9.35. The molecule has 0 saturated heterocycles. The van der Waals surface area contributed by atoms with E-state index in [-0.39, 0.29) is 24.8 Å². The Kier molecular flexibility index (Phi) is 7.42. The van der Waals surface area contributed by atoms with E-state index in [0.717, 1.165) is 9.61 Å². The minimum absolute atomic E-state index is 0. The van der Waals surface area contributed by atoms with Gasteiger partial charge in [0.05, 0.1) is 0 Å². The van der Waals surface area contributed by atoms with Gasteiger partial charge in [0.15, 0.2) is 0 Å². The van der Waals surface area contributed by atoms with Crippen LogP contribution in [0.1, 0.15) is 0 Å². The lowest BCUT2D eigenvalue weighted by atomic mass is 9.95. The van der Waals surface area contributed by atoms with Gasteiger partial charge in [0.2, 0.25) is 0 Å². The maximum Gasteiger partial charge on any atom is 0.125 e. The summed E-state index contributed by atoms with van der Waals surface area (Å²) < 4.78 is 0.881. The van der Waals surface area contributed by atoms with Crippen molar-refractivity contribution in [1.82, 2.24) is 4.98 Å². The number of halogens is 3. The Morgan fingerprint density at radius 2 is 1.27 bits per heavy atom.